The fourth-order valence-corrected chi connectivity index (χ4v) is 4.13. The second-order valence-corrected chi connectivity index (χ2v) is 8.26. The quantitative estimate of drug-likeness (QED) is 0.552. The number of piperazine rings is 1. The van der Waals surface area contributed by atoms with Crippen molar-refractivity contribution in [2.45, 2.75) is 26.3 Å². The molecule has 1 aromatic heterocycles. The SMILES string of the molecule is CN=C(NCCc1csc(C)n1)NCC(C)N1CCN(c2ccccc2)CC1. The predicted molar refractivity (Wildman–Crippen MR) is 120 cm³/mol. The third-order valence-corrected chi connectivity index (χ3v) is 6.01. The van der Waals surface area contributed by atoms with Gasteiger partial charge >= 0.3 is 0 Å². The zero-order valence-corrected chi connectivity index (χ0v) is 18.0. The molecule has 0 radical (unpaired) electrons. The molecule has 0 spiro atoms. The highest BCUT2D eigenvalue weighted by Gasteiger charge is 2.21. The molecular weight excluding hydrogens is 368 g/mol. The number of aliphatic imine (C=N–C) groups is 1. The van der Waals surface area contributed by atoms with Gasteiger partial charge in [-0.25, -0.2) is 4.98 Å². The van der Waals surface area contributed by atoms with Crippen LogP contribution in [-0.2, 0) is 6.42 Å². The first kappa shape index (κ1) is 20.6. The fourth-order valence-electron chi connectivity index (χ4n) is 3.49. The van der Waals surface area contributed by atoms with Gasteiger partial charge < -0.3 is 15.5 Å². The maximum absolute atomic E-state index is 4.50. The standard InChI is InChI=1S/C21H32N6S/c1-17(26-11-13-27(14-12-26)20-7-5-4-6-8-20)15-24-21(22-3)23-10-9-19-16-28-18(2)25-19/h4-8,16-17H,9-15H2,1-3H3,(H2,22,23,24). The highest BCUT2D eigenvalue weighted by molar-refractivity contribution is 7.09. The highest BCUT2D eigenvalue weighted by atomic mass is 32.1. The summed E-state index contributed by atoms with van der Waals surface area (Å²) in [5, 5.41) is 10.1. The molecule has 2 aromatic rings. The first-order chi connectivity index (χ1) is 13.7. The molecule has 1 unspecified atom stereocenters. The van der Waals surface area contributed by atoms with Gasteiger partial charge in [0.1, 0.15) is 0 Å². The predicted octanol–water partition coefficient (Wildman–Crippen LogP) is 2.37. The lowest BCUT2D eigenvalue weighted by molar-refractivity contribution is 0.197. The van der Waals surface area contributed by atoms with E-state index in [0.29, 0.717) is 6.04 Å². The molecule has 28 heavy (non-hydrogen) atoms. The van der Waals surface area contributed by atoms with E-state index in [0.717, 1.165) is 62.4 Å². The van der Waals surface area contributed by atoms with E-state index in [1.807, 2.05) is 14.0 Å². The molecule has 0 amide bonds. The number of guanidine groups is 1. The molecule has 1 fully saturated rings. The second kappa shape index (κ2) is 10.4. The van der Waals surface area contributed by atoms with Gasteiger partial charge in [0, 0.05) is 69.8 Å². The first-order valence-corrected chi connectivity index (χ1v) is 10.9. The summed E-state index contributed by atoms with van der Waals surface area (Å²) in [5.41, 5.74) is 2.47. The number of anilines is 1. The molecule has 0 bridgehead atoms. The molecule has 2 heterocycles. The number of thiazole rings is 1. The fraction of sp³-hybridized carbons (Fsp3) is 0.524. The molecule has 0 aliphatic carbocycles. The number of nitrogens with zero attached hydrogens (tertiary/aromatic N) is 4. The molecule has 1 aromatic carbocycles. The van der Waals surface area contributed by atoms with Crippen LogP contribution in [0.3, 0.4) is 0 Å². The van der Waals surface area contributed by atoms with Crippen LogP contribution in [0.2, 0.25) is 0 Å². The summed E-state index contributed by atoms with van der Waals surface area (Å²) in [4.78, 5) is 13.9. The van der Waals surface area contributed by atoms with Crippen molar-refractivity contribution in [2.75, 3.05) is 51.2 Å². The largest absolute Gasteiger partial charge is 0.369 e. The summed E-state index contributed by atoms with van der Waals surface area (Å²) in [6, 6.07) is 11.2. The average Bonchev–Trinajstić information content (AvgIpc) is 3.16. The Bertz CT molecular complexity index is 736. The number of benzene rings is 1. The zero-order chi connectivity index (χ0) is 19.8. The Morgan fingerprint density at radius 3 is 2.57 bits per heavy atom. The number of aryl methyl sites for hydroxylation is 1. The summed E-state index contributed by atoms with van der Waals surface area (Å²) in [5.74, 6) is 0.863. The van der Waals surface area contributed by atoms with Gasteiger partial charge in [-0.15, -0.1) is 11.3 Å². The maximum Gasteiger partial charge on any atom is 0.191 e. The average molecular weight is 401 g/mol. The van der Waals surface area contributed by atoms with Crippen molar-refractivity contribution >= 4 is 23.0 Å². The van der Waals surface area contributed by atoms with Crippen LogP contribution in [0.15, 0.2) is 40.7 Å². The van der Waals surface area contributed by atoms with Crippen molar-refractivity contribution in [3.8, 4) is 0 Å². The van der Waals surface area contributed by atoms with Gasteiger partial charge in [-0.2, -0.15) is 0 Å². The molecule has 1 atom stereocenters. The summed E-state index contributed by atoms with van der Waals surface area (Å²) in [6.45, 7) is 10.4. The van der Waals surface area contributed by atoms with Crippen molar-refractivity contribution in [1.29, 1.82) is 0 Å². The van der Waals surface area contributed by atoms with Gasteiger partial charge in [0.2, 0.25) is 0 Å². The first-order valence-electron chi connectivity index (χ1n) is 10.1. The maximum atomic E-state index is 4.50. The summed E-state index contributed by atoms with van der Waals surface area (Å²) in [6.07, 6.45) is 0.919. The number of rotatable bonds is 7. The van der Waals surface area contributed by atoms with Gasteiger partial charge in [-0.3, -0.25) is 9.89 Å². The van der Waals surface area contributed by atoms with Crippen LogP contribution >= 0.6 is 11.3 Å². The molecular formula is C21H32N6S. The minimum Gasteiger partial charge on any atom is -0.369 e. The van der Waals surface area contributed by atoms with Crippen molar-refractivity contribution < 1.29 is 0 Å². The Morgan fingerprint density at radius 2 is 1.93 bits per heavy atom. The van der Waals surface area contributed by atoms with E-state index in [-0.39, 0.29) is 0 Å². The van der Waals surface area contributed by atoms with Crippen LogP contribution in [0, 0.1) is 6.92 Å². The second-order valence-electron chi connectivity index (χ2n) is 7.20. The molecule has 6 nitrogen and oxygen atoms in total. The number of para-hydroxylation sites is 1. The van der Waals surface area contributed by atoms with Gasteiger partial charge in [-0.05, 0) is 26.0 Å². The minimum absolute atomic E-state index is 0.470. The molecule has 1 aliphatic heterocycles. The van der Waals surface area contributed by atoms with Crippen LogP contribution in [0.5, 0.6) is 0 Å². The Balaban J connectivity index is 1.36. The van der Waals surface area contributed by atoms with E-state index < -0.39 is 0 Å². The number of aromatic nitrogens is 1. The van der Waals surface area contributed by atoms with Gasteiger partial charge in [0.05, 0.1) is 10.7 Å². The number of nitrogens with one attached hydrogen (secondary N) is 2. The molecule has 1 saturated heterocycles. The van der Waals surface area contributed by atoms with E-state index >= 15 is 0 Å². The Kier molecular flexibility index (Phi) is 7.68. The third-order valence-electron chi connectivity index (χ3n) is 5.19. The highest BCUT2D eigenvalue weighted by Crippen LogP contribution is 2.16. The van der Waals surface area contributed by atoms with Crippen LogP contribution < -0.4 is 15.5 Å². The Morgan fingerprint density at radius 1 is 1.18 bits per heavy atom. The van der Waals surface area contributed by atoms with E-state index in [9.17, 15) is 0 Å². The topological polar surface area (TPSA) is 55.8 Å². The van der Waals surface area contributed by atoms with Crippen LogP contribution in [0.1, 0.15) is 17.6 Å². The van der Waals surface area contributed by atoms with Gasteiger partial charge in [0.25, 0.3) is 0 Å². The minimum atomic E-state index is 0.470. The Labute approximate surface area is 172 Å². The van der Waals surface area contributed by atoms with Gasteiger partial charge in [0.15, 0.2) is 5.96 Å². The number of hydrogen-bond donors (Lipinski definition) is 2. The van der Waals surface area contributed by atoms with Gasteiger partial charge in [-0.1, -0.05) is 18.2 Å². The van der Waals surface area contributed by atoms with Crippen molar-refractivity contribution in [3.05, 3.63) is 46.4 Å². The molecule has 0 saturated carbocycles. The summed E-state index contributed by atoms with van der Waals surface area (Å²) < 4.78 is 0. The summed E-state index contributed by atoms with van der Waals surface area (Å²) >= 11 is 1.70. The van der Waals surface area contributed by atoms with Crippen molar-refractivity contribution in [1.82, 2.24) is 20.5 Å². The lowest BCUT2D eigenvalue weighted by atomic mass is 10.2. The molecule has 7 heteroatoms. The van der Waals surface area contributed by atoms with E-state index in [1.165, 1.54) is 5.69 Å². The smallest absolute Gasteiger partial charge is 0.191 e. The van der Waals surface area contributed by atoms with Crippen LogP contribution in [0.4, 0.5) is 5.69 Å². The molecule has 152 valence electrons. The van der Waals surface area contributed by atoms with Crippen molar-refractivity contribution in [2.24, 2.45) is 4.99 Å². The van der Waals surface area contributed by atoms with Crippen molar-refractivity contribution in [3.63, 3.8) is 0 Å². The Hall–Kier alpha value is -2.12. The lowest BCUT2D eigenvalue weighted by Crippen LogP contribution is -2.53. The van der Waals surface area contributed by atoms with Crippen LogP contribution in [-0.4, -0.2) is 68.2 Å². The summed E-state index contributed by atoms with van der Waals surface area (Å²) in [7, 11) is 1.83. The zero-order valence-electron chi connectivity index (χ0n) is 17.2. The molecule has 3 rings (SSSR count). The monoisotopic (exact) mass is 400 g/mol. The van der Waals surface area contributed by atoms with Crippen LogP contribution in [0.25, 0.3) is 0 Å². The third kappa shape index (κ3) is 5.94. The lowest BCUT2D eigenvalue weighted by Gasteiger charge is -2.39. The normalized spacial score (nSPS) is 16.8. The van der Waals surface area contributed by atoms with E-state index in [2.05, 4.69) is 73.0 Å². The van der Waals surface area contributed by atoms with E-state index in [4.69, 9.17) is 0 Å². The number of hydrogen-bond acceptors (Lipinski definition) is 5. The van der Waals surface area contributed by atoms with E-state index in [1.54, 1.807) is 11.3 Å². The molecule has 2 N–H and O–H groups in total. The molecule has 1 aliphatic rings.